The van der Waals surface area contributed by atoms with Crippen molar-refractivity contribution < 1.29 is 10.0 Å². The standard InChI is InChI=1S/C25H27N3O3/c1-25-13-12-21-20-9-7-19(29)14-17(20)4-8-22(21)23(25)10-11-24(25)27-26-15-16-2-5-18(6-3-16)28(30)31/h2-3,5-7,9,14-15,21-23,29H,4,8,10-13H2,1H3/b26-15+,27-24+. The van der Waals surface area contributed by atoms with Gasteiger partial charge >= 0.3 is 0 Å². The number of aryl methyl sites for hydroxylation is 1. The molecule has 0 amide bonds. The molecule has 1 N–H and O–H groups in total. The number of nitrogens with zero attached hydrogens (tertiary/aromatic N) is 3. The van der Waals surface area contributed by atoms with E-state index in [0.717, 1.165) is 37.7 Å². The molecule has 31 heavy (non-hydrogen) atoms. The molecular weight excluding hydrogens is 390 g/mol. The van der Waals surface area contributed by atoms with Crippen LogP contribution in [-0.4, -0.2) is 22.0 Å². The van der Waals surface area contributed by atoms with Gasteiger partial charge in [0, 0.05) is 23.3 Å². The monoisotopic (exact) mass is 417 g/mol. The molecule has 2 saturated carbocycles. The van der Waals surface area contributed by atoms with Gasteiger partial charge in [-0.05, 0) is 97.2 Å². The normalized spacial score (nSPS) is 30.7. The maximum absolute atomic E-state index is 10.8. The van der Waals surface area contributed by atoms with Crippen molar-refractivity contribution in [2.75, 3.05) is 0 Å². The number of hydrogen-bond acceptors (Lipinski definition) is 5. The smallest absolute Gasteiger partial charge is 0.269 e. The van der Waals surface area contributed by atoms with E-state index < -0.39 is 4.92 Å². The van der Waals surface area contributed by atoms with E-state index in [1.54, 1.807) is 18.3 Å². The first-order valence-electron chi connectivity index (χ1n) is 11.1. The molecule has 0 aromatic heterocycles. The molecule has 2 aromatic carbocycles. The lowest BCUT2D eigenvalue weighted by atomic mass is 9.55. The van der Waals surface area contributed by atoms with Crippen LogP contribution in [0.3, 0.4) is 0 Å². The highest BCUT2D eigenvalue weighted by molar-refractivity contribution is 5.93. The molecule has 160 valence electrons. The molecule has 0 radical (unpaired) electrons. The van der Waals surface area contributed by atoms with Crippen molar-refractivity contribution in [3.8, 4) is 5.75 Å². The van der Waals surface area contributed by atoms with Crippen molar-refractivity contribution in [3.05, 3.63) is 69.3 Å². The maximum Gasteiger partial charge on any atom is 0.269 e. The Morgan fingerprint density at radius 3 is 2.71 bits per heavy atom. The zero-order valence-electron chi connectivity index (χ0n) is 17.7. The van der Waals surface area contributed by atoms with Gasteiger partial charge in [-0.1, -0.05) is 13.0 Å². The number of non-ortho nitro benzene ring substituents is 1. The number of nitro groups is 1. The highest BCUT2D eigenvalue weighted by Gasteiger charge is 2.53. The number of benzene rings is 2. The average Bonchev–Trinajstić information content (AvgIpc) is 3.10. The van der Waals surface area contributed by atoms with E-state index in [-0.39, 0.29) is 11.1 Å². The predicted octanol–water partition coefficient (Wildman–Crippen LogP) is 5.63. The number of hydrogen-bond donors (Lipinski definition) is 1. The Labute approximate surface area is 181 Å². The van der Waals surface area contributed by atoms with Gasteiger partial charge in [0.15, 0.2) is 0 Å². The molecule has 0 spiro atoms. The summed E-state index contributed by atoms with van der Waals surface area (Å²) >= 11 is 0. The van der Waals surface area contributed by atoms with Crippen molar-refractivity contribution in [1.29, 1.82) is 0 Å². The Morgan fingerprint density at radius 1 is 1.13 bits per heavy atom. The van der Waals surface area contributed by atoms with Gasteiger partial charge in [-0.3, -0.25) is 10.1 Å². The summed E-state index contributed by atoms with van der Waals surface area (Å²) in [7, 11) is 0. The number of phenols is 1. The molecule has 4 atom stereocenters. The van der Waals surface area contributed by atoms with E-state index in [0.29, 0.717) is 23.5 Å². The second-order valence-corrected chi connectivity index (χ2v) is 9.43. The molecule has 2 fully saturated rings. The van der Waals surface area contributed by atoms with Gasteiger partial charge in [0.1, 0.15) is 5.75 Å². The van der Waals surface area contributed by atoms with E-state index in [2.05, 4.69) is 23.2 Å². The first-order chi connectivity index (χ1) is 15.0. The molecule has 6 nitrogen and oxygen atoms in total. The summed E-state index contributed by atoms with van der Waals surface area (Å²) in [6, 6.07) is 12.3. The second kappa shape index (κ2) is 7.59. The number of fused-ring (bicyclic) bond motifs is 5. The van der Waals surface area contributed by atoms with Gasteiger partial charge < -0.3 is 5.11 Å². The van der Waals surface area contributed by atoms with Crippen molar-refractivity contribution in [2.45, 2.75) is 51.4 Å². The Hall–Kier alpha value is -3.02. The molecule has 0 bridgehead atoms. The summed E-state index contributed by atoms with van der Waals surface area (Å²) < 4.78 is 0. The average molecular weight is 418 g/mol. The summed E-state index contributed by atoms with van der Waals surface area (Å²) in [6.07, 6.45) is 8.33. The molecule has 0 aliphatic heterocycles. The summed E-state index contributed by atoms with van der Waals surface area (Å²) in [5.41, 5.74) is 4.96. The number of nitro benzene ring substituents is 1. The van der Waals surface area contributed by atoms with E-state index in [1.807, 2.05) is 12.1 Å². The Morgan fingerprint density at radius 2 is 1.94 bits per heavy atom. The van der Waals surface area contributed by atoms with Gasteiger partial charge in [-0.25, -0.2) is 0 Å². The van der Waals surface area contributed by atoms with Gasteiger partial charge in [0.25, 0.3) is 5.69 Å². The lowest BCUT2D eigenvalue weighted by molar-refractivity contribution is -0.384. The quantitative estimate of drug-likeness (QED) is 0.399. The second-order valence-electron chi connectivity index (χ2n) is 9.43. The minimum absolute atomic E-state index is 0.0793. The third kappa shape index (κ3) is 3.44. The Kier molecular flexibility index (Phi) is 4.88. The van der Waals surface area contributed by atoms with Gasteiger partial charge in [0.05, 0.1) is 11.1 Å². The van der Waals surface area contributed by atoms with Gasteiger partial charge in [0.2, 0.25) is 0 Å². The van der Waals surface area contributed by atoms with E-state index in [9.17, 15) is 15.2 Å². The van der Waals surface area contributed by atoms with Crippen LogP contribution in [0.25, 0.3) is 0 Å². The summed E-state index contributed by atoms with van der Waals surface area (Å²) in [5, 5.41) is 29.6. The highest BCUT2D eigenvalue weighted by atomic mass is 16.6. The molecule has 3 aliphatic rings. The molecule has 2 aromatic rings. The van der Waals surface area contributed by atoms with Crippen LogP contribution in [0.1, 0.15) is 61.6 Å². The highest BCUT2D eigenvalue weighted by Crippen LogP contribution is 2.60. The van der Waals surface area contributed by atoms with Crippen LogP contribution in [-0.2, 0) is 6.42 Å². The Bertz CT molecular complexity index is 1080. The third-order valence-electron chi connectivity index (χ3n) is 7.94. The minimum atomic E-state index is -0.399. The molecule has 6 heteroatoms. The number of rotatable bonds is 3. The largest absolute Gasteiger partial charge is 0.508 e. The van der Waals surface area contributed by atoms with Gasteiger partial charge in [-0.15, -0.1) is 0 Å². The summed E-state index contributed by atoms with van der Waals surface area (Å²) in [6.45, 7) is 2.37. The predicted molar refractivity (Wildman–Crippen MR) is 121 cm³/mol. The number of phenolic OH excluding ortho intramolecular Hbond substituents is 1. The molecule has 3 aliphatic carbocycles. The fourth-order valence-corrected chi connectivity index (χ4v) is 6.37. The van der Waals surface area contributed by atoms with Gasteiger partial charge in [-0.2, -0.15) is 10.2 Å². The molecule has 5 rings (SSSR count). The van der Waals surface area contributed by atoms with Crippen LogP contribution >= 0.6 is 0 Å². The maximum atomic E-state index is 10.8. The zero-order valence-corrected chi connectivity index (χ0v) is 17.7. The van der Waals surface area contributed by atoms with Crippen LogP contribution in [0.15, 0.2) is 52.7 Å². The molecule has 0 saturated heterocycles. The van der Waals surface area contributed by atoms with Crippen molar-refractivity contribution in [2.24, 2.45) is 27.5 Å². The molecular formula is C25H27N3O3. The minimum Gasteiger partial charge on any atom is -0.508 e. The van der Waals surface area contributed by atoms with Crippen LogP contribution in [0, 0.1) is 27.4 Å². The lowest BCUT2D eigenvalue weighted by Gasteiger charge is -2.49. The van der Waals surface area contributed by atoms with Crippen LogP contribution in [0.2, 0.25) is 0 Å². The SMILES string of the molecule is CC12CCC3c4ccc(O)cc4CCC3C1CC/C2=N\N=C\c1ccc([N+](=O)[O-])cc1. The van der Waals surface area contributed by atoms with Crippen LogP contribution in [0.4, 0.5) is 5.69 Å². The molecule has 0 heterocycles. The lowest BCUT2D eigenvalue weighted by Crippen LogP contribution is -2.42. The first kappa shape index (κ1) is 19.9. The fraction of sp³-hybridized carbons (Fsp3) is 0.440. The topological polar surface area (TPSA) is 88.1 Å². The molecule has 4 unspecified atom stereocenters. The van der Waals surface area contributed by atoms with E-state index in [4.69, 9.17) is 0 Å². The van der Waals surface area contributed by atoms with E-state index >= 15 is 0 Å². The van der Waals surface area contributed by atoms with Crippen molar-refractivity contribution >= 4 is 17.6 Å². The summed E-state index contributed by atoms with van der Waals surface area (Å²) in [5.74, 6) is 2.26. The summed E-state index contributed by atoms with van der Waals surface area (Å²) in [4.78, 5) is 10.4. The first-order valence-corrected chi connectivity index (χ1v) is 11.1. The Balaban J connectivity index is 1.34. The van der Waals surface area contributed by atoms with Crippen LogP contribution in [0.5, 0.6) is 5.75 Å². The van der Waals surface area contributed by atoms with Crippen molar-refractivity contribution in [3.63, 3.8) is 0 Å². The van der Waals surface area contributed by atoms with Crippen molar-refractivity contribution in [1.82, 2.24) is 0 Å². The third-order valence-corrected chi connectivity index (χ3v) is 7.94. The van der Waals surface area contributed by atoms with E-state index in [1.165, 1.54) is 35.4 Å². The zero-order chi connectivity index (χ0) is 21.6. The number of aromatic hydroxyl groups is 1. The van der Waals surface area contributed by atoms with Crippen LogP contribution < -0.4 is 0 Å². The fourth-order valence-electron chi connectivity index (χ4n) is 6.37.